The van der Waals surface area contributed by atoms with Crippen LogP contribution in [0.15, 0.2) is 0 Å². The second-order valence-corrected chi connectivity index (χ2v) is 4.87. The van der Waals surface area contributed by atoms with Crippen LogP contribution in [0.25, 0.3) is 0 Å². The number of anilines is 1. The molecular weight excluding hydrogens is 280 g/mol. The van der Waals surface area contributed by atoms with Crippen molar-refractivity contribution in [1.82, 2.24) is 9.78 Å². The predicted octanol–water partition coefficient (Wildman–Crippen LogP) is 0.571. The Bertz CT molecular complexity index is 556. The Morgan fingerprint density at radius 1 is 1.62 bits per heavy atom. The van der Waals surface area contributed by atoms with Gasteiger partial charge in [-0.2, -0.15) is 5.10 Å². The number of rotatable bonds is 5. The highest BCUT2D eigenvalue weighted by Crippen LogP contribution is 2.34. The van der Waals surface area contributed by atoms with Crippen LogP contribution < -0.4 is 4.90 Å². The molecule has 1 aromatic rings. The van der Waals surface area contributed by atoms with Crippen molar-refractivity contribution in [1.29, 1.82) is 0 Å². The van der Waals surface area contributed by atoms with E-state index in [0.29, 0.717) is 18.7 Å². The molecule has 0 saturated carbocycles. The predicted molar refractivity (Wildman–Crippen MR) is 73.4 cm³/mol. The van der Waals surface area contributed by atoms with Crippen LogP contribution in [0.4, 0.5) is 11.5 Å². The molecule has 9 nitrogen and oxygen atoms in total. The van der Waals surface area contributed by atoms with Gasteiger partial charge < -0.3 is 14.7 Å². The van der Waals surface area contributed by atoms with Crippen molar-refractivity contribution in [2.45, 2.75) is 25.8 Å². The zero-order valence-electron chi connectivity index (χ0n) is 12.0. The molecule has 1 aromatic heterocycles. The Kier molecular flexibility index (Phi) is 4.41. The van der Waals surface area contributed by atoms with Crippen LogP contribution in [0.3, 0.4) is 0 Å². The molecule has 116 valence electrons. The van der Waals surface area contributed by atoms with Gasteiger partial charge in [-0.3, -0.25) is 10.1 Å². The summed E-state index contributed by atoms with van der Waals surface area (Å²) >= 11 is 0. The van der Waals surface area contributed by atoms with Gasteiger partial charge in [-0.05, 0) is 6.42 Å². The number of hydrogen-bond donors (Lipinski definition) is 1. The molecule has 2 heterocycles. The maximum absolute atomic E-state index is 11.4. The van der Waals surface area contributed by atoms with Gasteiger partial charge in [0.2, 0.25) is 5.82 Å². The molecule has 1 aliphatic rings. The number of nitrogens with zero attached hydrogens (tertiary/aromatic N) is 4. The van der Waals surface area contributed by atoms with Crippen LogP contribution in [0, 0.1) is 10.1 Å². The van der Waals surface area contributed by atoms with Gasteiger partial charge in [0.15, 0.2) is 6.04 Å². The lowest BCUT2D eigenvalue weighted by Crippen LogP contribution is -2.51. The van der Waals surface area contributed by atoms with Gasteiger partial charge in [0, 0.05) is 13.6 Å². The molecule has 0 aromatic carbocycles. The molecule has 0 aliphatic carbocycles. The number of nitro groups is 1. The third-order valence-electron chi connectivity index (χ3n) is 3.42. The van der Waals surface area contributed by atoms with Crippen LogP contribution in [0.2, 0.25) is 0 Å². The van der Waals surface area contributed by atoms with E-state index in [0.717, 1.165) is 6.42 Å². The molecule has 0 amide bonds. The van der Waals surface area contributed by atoms with Crippen molar-refractivity contribution in [2.24, 2.45) is 7.05 Å². The number of carbonyl (C=O) groups is 1. The fourth-order valence-corrected chi connectivity index (χ4v) is 2.53. The molecule has 1 atom stereocenters. The highest BCUT2D eigenvalue weighted by molar-refractivity contribution is 5.80. The molecule has 1 saturated heterocycles. The Hall–Kier alpha value is -2.16. The van der Waals surface area contributed by atoms with E-state index < -0.39 is 16.9 Å². The van der Waals surface area contributed by atoms with Gasteiger partial charge in [-0.1, -0.05) is 13.3 Å². The summed E-state index contributed by atoms with van der Waals surface area (Å²) in [6.07, 6.45) is 1.20. The van der Waals surface area contributed by atoms with Crippen LogP contribution in [-0.2, 0) is 23.0 Å². The maximum atomic E-state index is 11.4. The monoisotopic (exact) mass is 298 g/mol. The first-order valence-corrected chi connectivity index (χ1v) is 6.74. The molecule has 9 heteroatoms. The van der Waals surface area contributed by atoms with Gasteiger partial charge in [-0.25, -0.2) is 9.48 Å². The minimum Gasteiger partial charge on any atom is -0.480 e. The molecule has 2 rings (SSSR count). The molecule has 1 unspecified atom stereocenters. The summed E-state index contributed by atoms with van der Waals surface area (Å²) in [5.74, 6) is -0.832. The fourth-order valence-electron chi connectivity index (χ4n) is 2.53. The lowest BCUT2D eigenvalue weighted by atomic mass is 10.2. The number of aromatic nitrogens is 2. The van der Waals surface area contributed by atoms with E-state index in [-0.39, 0.29) is 24.7 Å². The minimum atomic E-state index is -1.07. The third kappa shape index (κ3) is 2.82. The van der Waals surface area contributed by atoms with E-state index in [1.807, 2.05) is 6.92 Å². The van der Waals surface area contributed by atoms with Crippen molar-refractivity contribution >= 4 is 17.5 Å². The van der Waals surface area contributed by atoms with E-state index in [4.69, 9.17) is 4.74 Å². The largest absolute Gasteiger partial charge is 0.480 e. The van der Waals surface area contributed by atoms with Crippen molar-refractivity contribution in [3.63, 3.8) is 0 Å². The zero-order valence-corrected chi connectivity index (χ0v) is 12.0. The van der Waals surface area contributed by atoms with Gasteiger partial charge in [0.25, 0.3) is 0 Å². The van der Waals surface area contributed by atoms with E-state index in [1.54, 1.807) is 7.05 Å². The van der Waals surface area contributed by atoms with E-state index in [2.05, 4.69) is 5.10 Å². The van der Waals surface area contributed by atoms with Gasteiger partial charge in [0.05, 0.1) is 18.1 Å². The molecule has 21 heavy (non-hydrogen) atoms. The molecule has 0 radical (unpaired) electrons. The van der Waals surface area contributed by atoms with Gasteiger partial charge in [-0.15, -0.1) is 0 Å². The second-order valence-electron chi connectivity index (χ2n) is 4.87. The van der Waals surface area contributed by atoms with Crippen LogP contribution in [0.5, 0.6) is 0 Å². The lowest BCUT2D eigenvalue weighted by molar-refractivity contribution is -0.384. The van der Waals surface area contributed by atoms with Crippen molar-refractivity contribution in [3.8, 4) is 0 Å². The topological polar surface area (TPSA) is 111 Å². The van der Waals surface area contributed by atoms with Crippen LogP contribution in [0.1, 0.15) is 19.0 Å². The summed E-state index contributed by atoms with van der Waals surface area (Å²) < 4.78 is 6.56. The molecule has 1 N–H and O–H groups in total. The highest BCUT2D eigenvalue weighted by Gasteiger charge is 2.37. The first kappa shape index (κ1) is 15.2. The van der Waals surface area contributed by atoms with Gasteiger partial charge >= 0.3 is 11.7 Å². The molecule has 0 spiro atoms. The third-order valence-corrected chi connectivity index (χ3v) is 3.42. The fraction of sp³-hybridized carbons (Fsp3) is 0.667. The van der Waals surface area contributed by atoms with Crippen LogP contribution >= 0.6 is 0 Å². The Labute approximate surface area is 121 Å². The number of carboxylic acids is 1. The number of hydrogen-bond acceptors (Lipinski definition) is 6. The number of morpholine rings is 1. The summed E-state index contributed by atoms with van der Waals surface area (Å²) in [5.41, 5.74) is 0.281. The SMILES string of the molecule is CCCc1nn(C)c(N2CCOCC2C(=O)O)c1[N+](=O)[O-]. The van der Waals surface area contributed by atoms with E-state index in [9.17, 15) is 20.0 Å². The zero-order chi connectivity index (χ0) is 15.6. The Morgan fingerprint density at radius 3 is 2.90 bits per heavy atom. The second kappa shape index (κ2) is 6.08. The summed E-state index contributed by atoms with van der Waals surface area (Å²) in [7, 11) is 1.59. The summed E-state index contributed by atoms with van der Waals surface area (Å²) in [4.78, 5) is 23.8. The molecular formula is C12H18N4O5. The normalized spacial score (nSPS) is 18.8. The minimum absolute atomic E-state index is 0.000773. The molecule has 1 aliphatic heterocycles. The van der Waals surface area contributed by atoms with Crippen molar-refractivity contribution in [3.05, 3.63) is 15.8 Å². The first-order chi connectivity index (χ1) is 9.97. The molecule has 1 fully saturated rings. The Morgan fingerprint density at radius 2 is 2.33 bits per heavy atom. The lowest BCUT2D eigenvalue weighted by Gasteiger charge is -2.33. The number of ether oxygens (including phenoxy) is 1. The number of aliphatic carboxylic acids is 1. The summed E-state index contributed by atoms with van der Waals surface area (Å²) in [6.45, 7) is 2.52. The van der Waals surface area contributed by atoms with Crippen LogP contribution in [-0.4, -0.2) is 51.6 Å². The summed E-state index contributed by atoms with van der Waals surface area (Å²) in [5, 5.41) is 24.9. The smallest absolute Gasteiger partial charge is 0.334 e. The number of aryl methyl sites for hydroxylation is 2. The quantitative estimate of drug-likeness (QED) is 0.625. The summed E-state index contributed by atoms with van der Waals surface area (Å²) in [6, 6.07) is -0.942. The first-order valence-electron chi connectivity index (χ1n) is 6.74. The average Bonchev–Trinajstić information content (AvgIpc) is 2.75. The maximum Gasteiger partial charge on any atom is 0.334 e. The Balaban J connectivity index is 2.50. The van der Waals surface area contributed by atoms with E-state index >= 15 is 0 Å². The average molecular weight is 298 g/mol. The molecule has 0 bridgehead atoms. The van der Waals surface area contributed by atoms with Crippen molar-refractivity contribution in [2.75, 3.05) is 24.7 Å². The van der Waals surface area contributed by atoms with Gasteiger partial charge in [0.1, 0.15) is 5.69 Å². The standard InChI is InChI=1S/C12H18N4O5/c1-3-4-8-10(16(19)20)11(14(2)13-8)15-5-6-21-7-9(15)12(17)18/h9H,3-7H2,1-2H3,(H,17,18). The van der Waals surface area contributed by atoms with Crippen molar-refractivity contribution < 1.29 is 19.6 Å². The van der Waals surface area contributed by atoms with E-state index in [1.165, 1.54) is 9.58 Å². The number of carboxylic acid groups (broad SMARTS) is 1. The highest BCUT2D eigenvalue weighted by atomic mass is 16.6.